The van der Waals surface area contributed by atoms with Gasteiger partial charge < -0.3 is 4.89 Å². The van der Waals surface area contributed by atoms with E-state index in [9.17, 15) is 0 Å². The van der Waals surface area contributed by atoms with Gasteiger partial charge in [-0.1, -0.05) is 0 Å². The lowest BCUT2D eigenvalue weighted by Gasteiger charge is -1.98. The Labute approximate surface area is 84.9 Å². The van der Waals surface area contributed by atoms with Crippen molar-refractivity contribution >= 4 is 11.3 Å². The Morgan fingerprint density at radius 2 is 2.36 bits per heavy atom. The molecule has 1 aliphatic rings. The molecule has 0 saturated carbocycles. The van der Waals surface area contributed by atoms with Gasteiger partial charge in [0.2, 0.25) is 0 Å². The summed E-state index contributed by atoms with van der Waals surface area (Å²) in [6, 6.07) is 5.96. The van der Waals surface area contributed by atoms with Crippen LogP contribution >= 0.6 is 11.3 Å². The summed E-state index contributed by atoms with van der Waals surface area (Å²) in [5.74, 6) is 0.809. The standard InChI is InChI=1S/C10H7NO2S/c1-2-10-8(4-12-13-10)3-7(1)9-5-14-6-11-9/h1-3,5-6H,4H2. The maximum absolute atomic E-state index is 4.95. The number of hydrogen-bond donors (Lipinski definition) is 0. The van der Waals surface area contributed by atoms with Crippen LogP contribution in [0.15, 0.2) is 29.1 Å². The molecule has 70 valence electrons. The lowest BCUT2D eigenvalue weighted by molar-refractivity contribution is -0.194. The molecule has 0 amide bonds. The van der Waals surface area contributed by atoms with Crippen LogP contribution in [-0.4, -0.2) is 4.98 Å². The van der Waals surface area contributed by atoms with E-state index in [2.05, 4.69) is 11.1 Å². The molecule has 1 aromatic heterocycles. The molecule has 0 radical (unpaired) electrons. The molecule has 3 rings (SSSR count). The second-order valence-corrected chi connectivity index (χ2v) is 3.76. The molecule has 1 aromatic carbocycles. The fourth-order valence-electron chi connectivity index (χ4n) is 1.44. The van der Waals surface area contributed by atoms with E-state index < -0.39 is 0 Å². The van der Waals surface area contributed by atoms with E-state index in [-0.39, 0.29) is 0 Å². The van der Waals surface area contributed by atoms with Crippen LogP contribution in [0, 0.1) is 0 Å². The highest BCUT2D eigenvalue weighted by Gasteiger charge is 2.14. The van der Waals surface area contributed by atoms with Gasteiger partial charge in [-0.15, -0.1) is 11.3 Å². The number of hydrogen-bond acceptors (Lipinski definition) is 4. The second kappa shape index (κ2) is 3.08. The molecule has 0 fully saturated rings. The molecule has 2 aromatic rings. The van der Waals surface area contributed by atoms with Crippen molar-refractivity contribution in [2.45, 2.75) is 6.61 Å². The molecule has 0 atom stereocenters. The Kier molecular flexibility index (Phi) is 1.75. The molecule has 0 bridgehead atoms. The number of nitrogens with zero attached hydrogens (tertiary/aromatic N) is 1. The summed E-state index contributed by atoms with van der Waals surface area (Å²) in [5, 5.41) is 2.03. The summed E-state index contributed by atoms with van der Waals surface area (Å²) >= 11 is 1.59. The molecular formula is C10H7NO2S. The zero-order valence-electron chi connectivity index (χ0n) is 7.27. The van der Waals surface area contributed by atoms with E-state index in [0.29, 0.717) is 6.61 Å². The summed E-state index contributed by atoms with van der Waals surface area (Å²) in [4.78, 5) is 14.1. The zero-order chi connectivity index (χ0) is 9.38. The molecule has 0 unspecified atom stereocenters. The van der Waals surface area contributed by atoms with E-state index in [1.54, 1.807) is 11.3 Å². The monoisotopic (exact) mass is 205 g/mol. The highest BCUT2D eigenvalue weighted by atomic mass is 32.1. The normalized spacial score (nSPS) is 13.7. The van der Waals surface area contributed by atoms with Gasteiger partial charge in [-0.05, 0) is 18.2 Å². The SMILES string of the molecule is c1nc(-c2ccc3c(c2)COO3)cs1. The summed E-state index contributed by atoms with van der Waals surface area (Å²) in [6.07, 6.45) is 0. The summed E-state index contributed by atoms with van der Waals surface area (Å²) in [7, 11) is 0. The molecular weight excluding hydrogens is 198 g/mol. The topological polar surface area (TPSA) is 31.4 Å². The Morgan fingerprint density at radius 3 is 3.21 bits per heavy atom. The molecule has 0 spiro atoms. The van der Waals surface area contributed by atoms with Crippen LogP contribution in [0.3, 0.4) is 0 Å². The Hall–Kier alpha value is -1.39. The van der Waals surface area contributed by atoms with Crippen molar-refractivity contribution < 1.29 is 9.78 Å². The van der Waals surface area contributed by atoms with E-state index >= 15 is 0 Å². The first-order valence-electron chi connectivity index (χ1n) is 4.24. The minimum absolute atomic E-state index is 0.521. The van der Waals surface area contributed by atoms with Gasteiger partial charge >= 0.3 is 0 Å². The van der Waals surface area contributed by atoms with Crippen LogP contribution in [0.25, 0.3) is 11.3 Å². The van der Waals surface area contributed by atoms with Gasteiger partial charge in [-0.2, -0.15) is 4.89 Å². The maximum atomic E-state index is 4.95. The van der Waals surface area contributed by atoms with Gasteiger partial charge in [-0.25, -0.2) is 4.98 Å². The minimum atomic E-state index is 0.521. The molecule has 0 saturated heterocycles. The smallest absolute Gasteiger partial charge is 0.171 e. The average Bonchev–Trinajstić information content (AvgIpc) is 2.88. The molecule has 14 heavy (non-hydrogen) atoms. The molecule has 0 N–H and O–H groups in total. The van der Waals surface area contributed by atoms with Crippen LogP contribution in [0.2, 0.25) is 0 Å². The van der Waals surface area contributed by atoms with Gasteiger partial charge in [0, 0.05) is 16.5 Å². The minimum Gasteiger partial charge on any atom is -0.337 e. The number of benzene rings is 1. The molecule has 0 aliphatic carbocycles. The largest absolute Gasteiger partial charge is 0.337 e. The van der Waals surface area contributed by atoms with Crippen LogP contribution in [0.1, 0.15) is 5.56 Å². The third kappa shape index (κ3) is 1.20. The first kappa shape index (κ1) is 7.96. The van der Waals surface area contributed by atoms with Crippen LogP contribution < -0.4 is 4.89 Å². The lowest BCUT2D eigenvalue weighted by Crippen LogP contribution is -1.81. The van der Waals surface area contributed by atoms with Gasteiger partial charge in [0.05, 0.1) is 11.2 Å². The van der Waals surface area contributed by atoms with Crippen LogP contribution in [-0.2, 0) is 11.5 Å². The van der Waals surface area contributed by atoms with E-state index in [1.807, 2.05) is 23.0 Å². The number of aromatic nitrogens is 1. The van der Waals surface area contributed by atoms with Crippen molar-refractivity contribution in [1.29, 1.82) is 0 Å². The first-order chi connectivity index (χ1) is 6.93. The summed E-state index contributed by atoms with van der Waals surface area (Å²) in [6.45, 7) is 0.521. The van der Waals surface area contributed by atoms with Crippen LogP contribution in [0.4, 0.5) is 0 Å². The van der Waals surface area contributed by atoms with Gasteiger partial charge in [-0.3, -0.25) is 0 Å². The fraction of sp³-hybridized carbons (Fsp3) is 0.100. The summed E-state index contributed by atoms with van der Waals surface area (Å²) in [5.41, 5.74) is 5.02. The van der Waals surface area contributed by atoms with E-state index in [1.165, 1.54) is 0 Å². The summed E-state index contributed by atoms with van der Waals surface area (Å²) < 4.78 is 0. The third-order valence-electron chi connectivity index (χ3n) is 2.15. The Balaban J connectivity index is 2.09. The third-order valence-corrected chi connectivity index (χ3v) is 2.74. The van der Waals surface area contributed by atoms with Crippen molar-refractivity contribution in [2.75, 3.05) is 0 Å². The van der Waals surface area contributed by atoms with Crippen LogP contribution in [0.5, 0.6) is 5.75 Å². The van der Waals surface area contributed by atoms with Gasteiger partial charge in [0.1, 0.15) is 6.61 Å². The molecule has 3 nitrogen and oxygen atoms in total. The predicted molar refractivity (Wildman–Crippen MR) is 53.0 cm³/mol. The molecule has 1 aliphatic heterocycles. The number of thiazole rings is 1. The van der Waals surface area contributed by atoms with Crippen molar-refractivity contribution in [3.05, 3.63) is 34.7 Å². The maximum Gasteiger partial charge on any atom is 0.171 e. The zero-order valence-corrected chi connectivity index (χ0v) is 8.08. The van der Waals surface area contributed by atoms with Gasteiger partial charge in [0.25, 0.3) is 0 Å². The van der Waals surface area contributed by atoms with Crippen molar-refractivity contribution in [1.82, 2.24) is 4.98 Å². The molecule has 2 heterocycles. The molecule has 4 heteroatoms. The predicted octanol–water partition coefficient (Wildman–Crippen LogP) is 2.63. The lowest BCUT2D eigenvalue weighted by atomic mass is 10.1. The first-order valence-corrected chi connectivity index (χ1v) is 5.19. The Bertz CT molecular complexity index is 453. The highest BCUT2D eigenvalue weighted by molar-refractivity contribution is 7.07. The number of fused-ring (bicyclic) bond motifs is 1. The van der Waals surface area contributed by atoms with Crippen molar-refractivity contribution in [3.8, 4) is 17.0 Å². The van der Waals surface area contributed by atoms with Crippen molar-refractivity contribution in [2.24, 2.45) is 0 Å². The van der Waals surface area contributed by atoms with Crippen molar-refractivity contribution in [3.63, 3.8) is 0 Å². The Morgan fingerprint density at radius 1 is 1.36 bits per heavy atom. The fourth-order valence-corrected chi connectivity index (χ4v) is 2.01. The average molecular weight is 205 g/mol. The highest BCUT2D eigenvalue weighted by Crippen LogP contribution is 2.30. The van der Waals surface area contributed by atoms with E-state index in [4.69, 9.17) is 9.78 Å². The quantitative estimate of drug-likeness (QED) is 0.670. The number of rotatable bonds is 1. The van der Waals surface area contributed by atoms with Gasteiger partial charge in [0.15, 0.2) is 5.75 Å². The van der Waals surface area contributed by atoms with E-state index in [0.717, 1.165) is 22.6 Å². The second-order valence-electron chi connectivity index (χ2n) is 3.04.